The van der Waals surface area contributed by atoms with Crippen LogP contribution in [0, 0.1) is 6.92 Å². The van der Waals surface area contributed by atoms with Gasteiger partial charge in [-0.25, -0.2) is 19.1 Å². The van der Waals surface area contributed by atoms with Gasteiger partial charge in [0.2, 0.25) is 0 Å². The minimum absolute atomic E-state index is 0.274. The number of ether oxygens (including phenoxy) is 1. The van der Waals surface area contributed by atoms with Crippen molar-refractivity contribution in [3.05, 3.63) is 59.9 Å². The normalized spacial score (nSPS) is 14.0. The van der Waals surface area contributed by atoms with Crippen molar-refractivity contribution in [2.45, 2.75) is 33.4 Å². The average molecular weight is 364 g/mol. The Morgan fingerprint density at radius 2 is 1.81 bits per heavy atom. The number of hydrogen-bond acceptors (Lipinski definition) is 5. The predicted octanol–water partition coefficient (Wildman–Crippen LogP) is 4.10. The molecule has 0 bridgehead atoms. The van der Waals surface area contributed by atoms with Gasteiger partial charge in [-0.05, 0) is 45.0 Å². The molecule has 0 atom stereocenters. The molecule has 0 radical (unpaired) electrons. The summed E-state index contributed by atoms with van der Waals surface area (Å²) in [5, 5.41) is 2.65. The van der Waals surface area contributed by atoms with Gasteiger partial charge in [0.05, 0.1) is 29.4 Å². The molecule has 0 N–H and O–H groups in total. The van der Waals surface area contributed by atoms with Gasteiger partial charge in [0.25, 0.3) is 0 Å². The fraction of sp³-hybridized carbons (Fsp3) is 0.250. The number of carbonyl (C=O) groups excluding carboxylic acids is 2. The third-order valence-electron chi connectivity index (χ3n) is 4.38. The molecule has 0 fully saturated rings. The number of para-hydroxylation sites is 2. The second kappa shape index (κ2) is 6.42. The zero-order valence-electron chi connectivity index (χ0n) is 15.4. The van der Waals surface area contributed by atoms with E-state index in [9.17, 15) is 9.59 Å². The van der Waals surface area contributed by atoms with Crippen molar-refractivity contribution in [1.29, 1.82) is 0 Å². The zero-order valence-corrected chi connectivity index (χ0v) is 15.4. The molecule has 7 heteroatoms. The van der Waals surface area contributed by atoms with Crippen molar-refractivity contribution in [3.63, 3.8) is 0 Å². The third kappa shape index (κ3) is 2.91. The highest BCUT2D eigenvalue weighted by Gasteiger charge is 2.39. The van der Waals surface area contributed by atoms with Crippen LogP contribution in [0.25, 0.3) is 11.0 Å². The van der Waals surface area contributed by atoms with Crippen molar-refractivity contribution in [3.8, 4) is 0 Å². The van der Waals surface area contributed by atoms with Crippen molar-refractivity contribution in [2.75, 3.05) is 5.01 Å². The van der Waals surface area contributed by atoms with E-state index in [1.165, 1.54) is 4.57 Å². The predicted molar refractivity (Wildman–Crippen MR) is 101 cm³/mol. The number of rotatable bonds is 2. The molecular formula is C20H20N4O3. The van der Waals surface area contributed by atoms with Gasteiger partial charge in [0.1, 0.15) is 5.82 Å². The van der Waals surface area contributed by atoms with E-state index in [1.54, 1.807) is 18.9 Å². The summed E-state index contributed by atoms with van der Waals surface area (Å²) < 4.78 is 6.80. The fourth-order valence-electron chi connectivity index (χ4n) is 3.15. The maximum Gasteiger partial charge on any atom is 0.437 e. The molecule has 0 spiro atoms. The van der Waals surface area contributed by atoms with E-state index in [0.29, 0.717) is 22.5 Å². The summed E-state index contributed by atoms with van der Waals surface area (Å²) in [4.78, 5) is 30.6. The van der Waals surface area contributed by atoms with Crippen LogP contribution < -0.4 is 5.01 Å². The van der Waals surface area contributed by atoms with Crippen molar-refractivity contribution < 1.29 is 14.3 Å². The summed E-state index contributed by atoms with van der Waals surface area (Å²) in [6.45, 7) is 5.76. The van der Waals surface area contributed by atoms with Gasteiger partial charge in [-0.2, -0.15) is 0 Å². The lowest BCUT2D eigenvalue weighted by Gasteiger charge is -2.37. The summed E-state index contributed by atoms with van der Waals surface area (Å²) in [6.07, 6.45) is -1.05. The first-order chi connectivity index (χ1) is 13.0. The number of imide groups is 1. The van der Waals surface area contributed by atoms with Crippen LogP contribution in [0.1, 0.15) is 25.2 Å². The lowest BCUT2D eigenvalue weighted by molar-refractivity contribution is 0.0790. The number of hydrogen-bond donors (Lipinski definition) is 0. The Kier molecular flexibility index (Phi) is 4.07. The average Bonchev–Trinajstić information content (AvgIpc) is 3.00. The molecular weight excluding hydrogens is 344 g/mol. The minimum Gasteiger partial charge on any atom is -0.445 e. The first-order valence-corrected chi connectivity index (χ1v) is 8.81. The molecule has 1 aliphatic rings. The molecule has 0 saturated heterocycles. The van der Waals surface area contributed by atoms with Gasteiger partial charge >= 0.3 is 12.1 Å². The summed E-state index contributed by atoms with van der Waals surface area (Å²) in [7, 11) is 0. The Morgan fingerprint density at radius 1 is 1.11 bits per heavy atom. The highest BCUT2D eigenvalue weighted by atomic mass is 16.6. The smallest absolute Gasteiger partial charge is 0.437 e. The standard InChI is InChI=1S/C20H20N4O3/c1-13(2)27-20(26)24-19(25)23-17-7-5-4-6-16(17)21-18(23)12-22(24)15-10-8-14(3)9-11-15/h4-11,13H,12H2,1-3H3. The van der Waals surface area contributed by atoms with E-state index in [0.717, 1.165) is 10.6 Å². The number of carbonyl (C=O) groups is 2. The third-order valence-corrected chi connectivity index (χ3v) is 4.38. The number of benzene rings is 2. The van der Waals surface area contributed by atoms with E-state index < -0.39 is 12.1 Å². The van der Waals surface area contributed by atoms with E-state index in [-0.39, 0.29) is 12.6 Å². The largest absolute Gasteiger partial charge is 0.445 e. The van der Waals surface area contributed by atoms with Crippen LogP contribution in [0.3, 0.4) is 0 Å². The summed E-state index contributed by atoms with van der Waals surface area (Å²) in [5.74, 6) is 0.579. The molecule has 27 heavy (non-hydrogen) atoms. The molecule has 4 rings (SSSR count). The topological polar surface area (TPSA) is 67.7 Å². The van der Waals surface area contributed by atoms with Crippen LogP contribution >= 0.6 is 0 Å². The highest BCUT2D eigenvalue weighted by Crippen LogP contribution is 2.28. The van der Waals surface area contributed by atoms with Gasteiger partial charge < -0.3 is 4.74 Å². The van der Waals surface area contributed by atoms with Gasteiger partial charge in [-0.3, -0.25) is 5.01 Å². The van der Waals surface area contributed by atoms with E-state index in [1.807, 2.05) is 55.5 Å². The number of aryl methyl sites for hydroxylation is 1. The van der Waals surface area contributed by atoms with Crippen molar-refractivity contribution >= 4 is 28.8 Å². The molecule has 3 aromatic rings. The Balaban J connectivity index is 1.85. The van der Waals surface area contributed by atoms with Crippen LogP contribution in [-0.4, -0.2) is 32.8 Å². The highest BCUT2D eigenvalue weighted by molar-refractivity contribution is 6.00. The lowest BCUT2D eigenvalue weighted by Crippen LogP contribution is -2.56. The van der Waals surface area contributed by atoms with Crippen molar-refractivity contribution in [1.82, 2.24) is 14.6 Å². The Bertz CT molecular complexity index is 1020. The molecule has 2 amide bonds. The van der Waals surface area contributed by atoms with E-state index >= 15 is 0 Å². The summed E-state index contributed by atoms with van der Waals surface area (Å²) >= 11 is 0. The quantitative estimate of drug-likeness (QED) is 0.685. The van der Waals surface area contributed by atoms with Gasteiger partial charge in [-0.15, -0.1) is 5.01 Å². The lowest BCUT2D eigenvalue weighted by atomic mass is 10.2. The number of aromatic nitrogens is 2. The van der Waals surface area contributed by atoms with Gasteiger partial charge in [0, 0.05) is 0 Å². The molecule has 0 saturated carbocycles. The maximum atomic E-state index is 13.3. The summed E-state index contributed by atoms with van der Waals surface area (Å²) in [5.41, 5.74) is 3.19. The van der Waals surface area contributed by atoms with Crippen LogP contribution in [0.5, 0.6) is 0 Å². The maximum absolute atomic E-state index is 13.3. The van der Waals surface area contributed by atoms with Gasteiger partial charge in [0.15, 0.2) is 0 Å². The molecule has 138 valence electrons. The Morgan fingerprint density at radius 3 is 2.52 bits per heavy atom. The molecule has 7 nitrogen and oxygen atoms in total. The SMILES string of the molecule is Cc1ccc(N2Cc3nc4ccccc4n3C(=O)N2C(=O)OC(C)C)cc1. The number of amides is 2. The molecule has 2 aromatic carbocycles. The van der Waals surface area contributed by atoms with E-state index in [2.05, 4.69) is 4.98 Å². The zero-order chi connectivity index (χ0) is 19.1. The number of fused-ring (bicyclic) bond motifs is 3. The number of imidazole rings is 1. The van der Waals surface area contributed by atoms with Gasteiger partial charge in [-0.1, -0.05) is 29.8 Å². The van der Waals surface area contributed by atoms with Crippen LogP contribution in [0.2, 0.25) is 0 Å². The first-order valence-electron chi connectivity index (χ1n) is 8.81. The van der Waals surface area contributed by atoms with E-state index in [4.69, 9.17) is 4.74 Å². The monoisotopic (exact) mass is 364 g/mol. The molecule has 1 aliphatic heterocycles. The number of hydrazine groups is 1. The second-order valence-electron chi connectivity index (χ2n) is 6.77. The van der Waals surface area contributed by atoms with Crippen LogP contribution in [0.15, 0.2) is 48.5 Å². The molecule has 1 aromatic heterocycles. The molecule has 2 heterocycles. The molecule has 0 unspecified atom stereocenters. The number of nitrogens with zero attached hydrogens (tertiary/aromatic N) is 4. The second-order valence-corrected chi connectivity index (χ2v) is 6.77. The minimum atomic E-state index is -0.709. The molecule has 0 aliphatic carbocycles. The number of anilines is 1. The Hall–Kier alpha value is -3.35. The van der Waals surface area contributed by atoms with Crippen LogP contribution in [0.4, 0.5) is 15.3 Å². The first kappa shape index (κ1) is 17.1. The fourth-order valence-corrected chi connectivity index (χ4v) is 3.15. The Labute approximate surface area is 156 Å². The summed E-state index contributed by atoms with van der Waals surface area (Å²) in [6, 6.07) is 14.5. The van der Waals surface area contributed by atoms with Crippen LogP contribution in [-0.2, 0) is 11.3 Å². The van der Waals surface area contributed by atoms with Crippen molar-refractivity contribution in [2.24, 2.45) is 0 Å².